The highest BCUT2D eigenvalue weighted by molar-refractivity contribution is 7.17. The normalized spacial score (nSPS) is 10.9. The van der Waals surface area contributed by atoms with Crippen LogP contribution < -0.4 is 0 Å². The standard InChI is InChI=1S/C16H14S/c1-12-6-5-9-15-16(12)14(11-17-15)10-13-7-3-2-4-8-13/h2-9,11H,10H2,1H3. The molecule has 0 aliphatic heterocycles. The summed E-state index contributed by atoms with van der Waals surface area (Å²) in [6.07, 6.45) is 1.03. The monoisotopic (exact) mass is 238 g/mol. The highest BCUT2D eigenvalue weighted by Gasteiger charge is 2.06. The third-order valence-electron chi connectivity index (χ3n) is 3.12. The molecule has 1 heteroatoms. The molecule has 2 aromatic carbocycles. The van der Waals surface area contributed by atoms with Gasteiger partial charge in [-0.15, -0.1) is 11.3 Å². The number of rotatable bonds is 2. The van der Waals surface area contributed by atoms with E-state index in [1.54, 1.807) is 0 Å². The highest BCUT2D eigenvalue weighted by Crippen LogP contribution is 2.30. The molecule has 0 saturated heterocycles. The van der Waals surface area contributed by atoms with Crippen molar-refractivity contribution >= 4 is 21.4 Å². The van der Waals surface area contributed by atoms with E-state index < -0.39 is 0 Å². The zero-order chi connectivity index (χ0) is 11.7. The fourth-order valence-corrected chi connectivity index (χ4v) is 3.33. The first-order valence-electron chi connectivity index (χ1n) is 5.84. The van der Waals surface area contributed by atoms with Gasteiger partial charge in [-0.2, -0.15) is 0 Å². The molecule has 0 aliphatic rings. The molecule has 0 atom stereocenters. The maximum atomic E-state index is 2.30. The van der Waals surface area contributed by atoms with E-state index in [9.17, 15) is 0 Å². The fourth-order valence-electron chi connectivity index (χ4n) is 2.29. The van der Waals surface area contributed by atoms with E-state index in [2.05, 4.69) is 60.8 Å². The van der Waals surface area contributed by atoms with Gasteiger partial charge in [-0.3, -0.25) is 0 Å². The zero-order valence-corrected chi connectivity index (χ0v) is 10.6. The second-order valence-electron chi connectivity index (χ2n) is 4.37. The molecular weight excluding hydrogens is 224 g/mol. The largest absolute Gasteiger partial charge is 0.144 e. The summed E-state index contributed by atoms with van der Waals surface area (Å²) in [5.74, 6) is 0. The van der Waals surface area contributed by atoms with Crippen LogP contribution in [0.25, 0.3) is 10.1 Å². The Morgan fingerprint density at radius 3 is 2.59 bits per heavy atom. The van der Waals surface area contributed by atoms with Crippen LogP contribution in [-0.4, -0.2) is 0 Å². The van der Waals surface area contributed by atoms with Crippen LogP contribution in [0.15, 0.2) is 53.9 Å². The lowest BCUT2D eigenvalue weighted by molar-refractivity contribution is 1.22. The Bertz CT molecular complexity index is 635. The molecule has 3 aromatic rings. The Morgan fingerprint density at radius 2 is 1.76 bits per heavy atom. The molecule has 0 saturated carbocycles. The van der Waals surface area contributed by atoms with E-state index in [0.29, 0.717) is 0 Å². The Morgan fingerprint density at radius 1 is 0.941 bits per heavy atom. The summed E-state index contributed by atoms with van der Waals surface area (Å²) < 4.78 is 1.40. The summed E-state index contributed by atoms with van der Waals surface area (Å²) in [6, 6.07) is 17.2. The molecule has 0 aliphatic carbocycles. The van der Waals surface area contributed by atoms with Crippen LogP contribution in [0.4, 0.5) is 0 Å². The van der Waals surface area contributed by atoms with E-state index >= 15 is 0 Å². The van der Waals surface area contributed by atoms with Crippen molar-refractivity contribution < 1.29 is 0 Å². The second kappa shape index (κ2) is 4.34. The molecule has 0 N–H and O–H groups in total. The first-order chi connectivity index (χ1) is 8.34. The molecule has 17 heavy (non-hydrogen) atoms. The average Bonchev–Trinajstić information content (AvgIpc) is 2.75. The minimum atomic E-state index is 1.03. The number of fused-ring (bicyclic) bond motifs is 1. The van der Waals surface area contributed by atoms with Gasteiger partial charge in [0.15, 0.2) is 0 Å². The van der Waals surface area contributed by atoms with Gasteiger partial charge < -0.3 is 0 Å². The lowest BCUT2D eigenvalue weighted by Gasteiger charge is -2.02. The number of thiophene rings is 1. The maximum Gasteiger partial charge on any atom is 0.0348 e. The summed E-state index contributed by atoms with van der Waals surface area (Å²) in [5, 5.41) is 3.74. The summed E-state index contributed by atoms with van der Waals surface area (Å²) in [4.78, 5) is 0. The highest BCUT2D eigenvalue weighted by atomic mass is 32.1. The second-order valence-corrected chi connectivity index (χ2v) is 5.28. The van der Waals surface area contributed by atoms with Gasteiger partial charge in [-0.1, -0.05) is 42.5 Å². The van der Waals surface area contributed by atoms with Gasteiger partial charge in [0, 0.05) is 4.70 Å². The van der Waals surface area contributed by atoms with Gasteiger partial charge in [0.1, 0.15) is 0 Å². The Labute approximate surface area is 106 Å². The molecule has 3 rings (SSSR count). The lowest BCUT2D eigenvalue weighted by atomic mass is 10.0. The van der Waals surface area contributed by atoms with Crippen LogP contribution in [0.2, 0.25) is 0 Å². The molecule has 1 heterocycles. The van der Waals surface area contributed by atoms with Gasteiger partial charge in [0.2, 0.25) is 0 Å². The van der Waals surface area contributed by atoms with Gasteiger partial charge in [-0.25, -0.2) is 0 Å². The van der Waals surface area contributed by atoms with Gasteiger partial charge in [0.25, 0.3) is 0 Å². The van der Waals surface area contributed by atoms with Crippen LogP contribution in [-0.2, 0) is 6.42 Å². The summed E-state index contributed by atoms with van der Waals surface area (Å²) >= 11 is 1.85. The van der Waals surface area contributed by atoms with Crippen LogP contribution >= 0.6 is 11.3 Å². The molecule has 0 spiro atoms. The molecule has 1 aromatic heterocycles. The van der Waals surface area contributed by atoms with Crippen LogP contribution in [0.3, 0.4) is 0 Å². The first kappa shape index (κ1) is 10.5. The predicted molar refractivity (Wildman–Crippen MR) is 75.8 cm³/mol. The van der Waals surface area contributed by atoms with E-state index in [0.717, 1.165) is 6.42 Å². The number of aryl methyl sites for hydroxylation is 1. The average molecular weight is 238 g/mol. The Kier molecular flexibility index (Phi) is 2.69. The predicted octanol–water partition coefficient (Wildman–Crippen LogP) is 4.80. The van der Waals surface area contributed by atoms with Crippen molar-refractivity contribution in [1.29, 1.82) is 0 Å². The minimum absolute atomic E-state index is 1.03. The van der Waals surface area contributed by atoms with E-state index in [-0.39, 0.29) is 0 Å². The summed E-state index contributed by atoms with van der Waals surface area (Å²) in [5.41, 5.74) is 4.22. The van der Waals surface area contributed by atoms with E-state index in [4.69, 9.17) is 0 Å². The van der Waals surface area contributed by atoms with Crippen molar-refractivity contribution in [3.63, 3.8) is 0 Å². The number of hydrogen-bond acceptors (Lipinski definition) is 1. The van der Waals surface area contributed by atoms with Gasteiger partial charge in [0.05, 0.1) is 0 Å². The Balaban J connectivity index is 2.07. The van der Waals surface area contributed by atoms with Crippen LogP contribution in [0, 0.1) is 6.92 Å². The van der Waals surface area contributed by atoms with E-state index in [1.165, 1.54) is 26.8 Å². The van der Waals surface area contributed by atoms with Gasteiger partial charge in [-0.05, 0) is 46.9 Å². The molecule has 0 nitrogen and oxygen atoms in total. The number of benzene rings is 2. The molecule has 0 bridgehead atoms. The summed E-state index contributed by atoms with van der Waals surface area (Å²) in [6.45, 7) is 2.20. The van der Waals surface area contributed by atoms with Crippen molar-refractivity contribution in [2.45, 2.75) is 13.3 Å². The third kappa shape index (κ3) is 1.98. The number of hydrogen-bond donors (Lipinski definition) is 0. The molecule has 0 amide bonds. The molecule has 0 fully saturated rings. The molecular formula is C16H14S. The quantitative estimate of drug-likeness (QED) is 0.601. The van der Waals surface area contributed by atoms with Crippen molar-refractivity contribution in [3.05, 3.63) is 70.6 Å². The van der Waals surface area contributed by atoms with Crippen LogP contribution in [0.1, 0.15) is 16.7 Å². The van der Waals surface area contributed by atoms with Crippen molar-refractivity contribution in [1.82, 2.24) is 0 Å². The topological polar surface area (TPSA) is 0 Å². The van der Waals surface area contributed by atoms with Crippen LogP contribution in [0.5, 0.6) is 0 Å². The third-order valence-corrected chi connectivity index (χ3v) is 4.12. The zero-order valence-electron chi connectivity index (χ0n) is 9.81. The SMILES string of the molecule is Cc1cccc2scc(Cc3ccccc3)c12. The molecule has 0 unspecified atom stereocenters. The Hall–Kier alpha value is -1.60. The lowest BCUT2D eigenvalue weighted by Crippen LogP contribution is -1.87. The molecule has 0 radical (unpaired) electrons. The van der Waals surface area contributed by atoms with E-state index in [1.807, 2.05) is 11.3 Å². The van der Waals surface area contributed by atoms with Crippen molar-refractivity contribution in [2.75, 3.05) is 0 Å². The minimum Gasteiger partial charge on any atom is -0.144 e. The fraction of sp³-hybridized carbons (Fsp3) is 0.125. The maximum absolute atomic E-state index is 2.30. The summed E-state index contributed by atoms with van der Waals surface area (Å²) in [7, 11) is 0. The van der Waals surface area contributed by atoms with Crippen molar-refractivity contribution in [3.8, 4) is 0 Å². The first-order valence-corrected chi connectivity index (χ1v) is 6.72. The smallest absolute Gasteiger partial charge is 0.0348 e. The molecule has 84 valence electrons. The van der Waals surface area contributed by atoms with Gasteiger partial charge >= 0.3 is 0 Å². The van der Waals surface area contributed by atoms with Crippen molar-refractivity contribution in [2.24, 2.45) is 0 Å².